The molecule has 0 unspecified atom stereocenters. The summed E-state index contributed by atoms with van der Waals surface area (Å²) in [6.45, 7) is 0.860. The normalized spacial score (nSPS) is 11.6. The predicted octanol–water partition coefficient (Wildman–Crippen LogP) is 4.42. The van der Waals surface area contributed by atoms with Gasteiger partial charge in [0.2, 0.25) is 11.8 Å². The van der Waals surface area contributed by atoms with Crippen molar-refractivity contribution in [2.45, 2.75) is 25.4 Å². The fraction of sp³-hybridized carbons (Fsp3) is 0.259. The maximum Gasteiger partial charge on any atom is 0.243 e. The largest absolute Gasteiger partial charge is 0.383 e. The second kappa shape index (κ2) is 12.9. The molecule has 2 amide bonds. The van der Waals surface area contributed by atoms with Gasteiger partial charge >= 0.3 is 0 Å². The van der Waals surface area contributed by atoms with Crippen molar-refractivity contribution in [3.8, 4) is 0 Å². The molecule has 0 spiro atoms. The van der Waals surface area contributed by atoms with Gasteiger partial charge in [-0.1, -0.05) is 66.2 Å². The van der Waals surface area contributed by atoms with Crippen LogP contribution >= 0.6 is 11.6 Å². The molecular formula is C27H28ClFN2O3. The summed E-state index contributed by atoms with van der Waals surface area (Å²) in [4.78, 5) is 28.4. The summed E-state index contributed by atoms with van der Waals surface area (Å²) >= 11 is 5.98. The Hall–Kier alpha value is -3.22. The van der Waals surface area contributed by atoms with Crippen molar-refractivity contribution < 1.29 is 18.7 Å². The molecule has 0 aliphatic rings. The molecule has 0 fully saturated rings. The second-order valence-electron chi connectivity index (χ2n) is 7.94. The number of methoxy groups -OCH3 is 1. The third-order valence-electron chi connectivity index (χ3n) is 5.41. The second-order valence-corrected chi connectivity index (χ2v) is 8.38. The topological polar surface area (TPSA) is 58.6 Å². The predicted molar refractivity (Wildman–Crippen MR) is 131 cm³/mol. The lowest BCUT2D eigenvalue weighted by Crippen LogP contribution is -2.51. The van der Waals surface area contributed by atoms with Crippen LogP contribution in [0.4, 0.5) is 4.39 Å². The van der Waals surface area contributed by atoms with E-state index in [1.165, 1.54) is 12.1 Å². The van der Waals surface area contributed by atoms with Crippen molar-refractivity contribution in [3.63, 3.8) is 0 Å². The molecule has 0 aliphatic heterocycles. The standard InChI is InChI=1S/C27H28ClFN2O3/c1-34-16-15-30-27(33)25(17-20-5-3-2-4-6-20)31(19-22-9-13-24(29)14-10-22)26(32)18-21-7-11-23(28)12-8-21/h2-14,25H,15-19H2,1H3,(H,30,33)/t25-/m0/s1. The third-order valence-corrected chi connectivity index (χ3v) is 5.66. The molecule has 0 heterocycles. The quantitative estimate of drug-likeness (QED) is 0.411. The minimum absolute atomic E-state index is 0.106. The molecule has 0 radical (unpaired) electrons. The molecule has 5 nitrogen and oxygen atoms in total. The van der Waals surface area contributed by atoms with E-state index in [0.717, 1.165) is 16.7 Å². The summed E-state index contributed by atoms with van der Waals surface area (Å²) in [5.74, 6) is -0.845. The first-order valence-electron chi connectivity index (χ1n) is 11.0. The molecule has 1 atom stereocenters. The average molecular weight is 483 g/mol. The van der Waals surface area contributed by atoms with Crippen molar-refractivity contribution >= 4 is 23.4 Å². The number of carbonyl (C=O) groups excluding carboxylic acids is 2. The van der Waals surface area contributed by atoms with E-state index in [4.69, 9.17) is 16.3 Å². The number of nitrogens with one attached hydrogen (secondary N) is 1. The van der Waals surface area contributed by atoms with Gasteiger partial charge in [-0.15, -0.1) is 0 Å². The molecule has 34 heavy (non-hydrogen) atoms. The number of rotatable bonds is 11. The van der Waals surface area contributed by atoms with Crippen LogP contribution in [0.3, 0.4) is 0 Å². The van der Waals surface area contributed by atoms with Gasteiger partial charge in [0, 0.05) is 31.6 Å². The average Bonchev–Trinajstić information content (AvgIpc) is 2.84. The Balaban J connectivity index is 1.92. The number of halogens is 2. The molecule has 178 valence electrons. The Morgan fingerprint density at radius 3 is 2.24 bits per heavy atom. The number of amides is 2. The van der Waals surface area contributed by atoms with Crippen molar-refractivity contribution in [1.29, 1.82) is 0 Å². The Morgan fingerprint density at radius 1 is 0.941 bits per heavy atom. The zero-order valence-corrected chi connectivity index (χ0v) is 19.8. The smallest absolute Gasteiger partial charge is 0.243 e. The number of carbonyl (C=O) groups is 2. The zero-order chi connectivity index (χ0) is 24.3. The van der Waals surface area contributed by atoms with Gasteiger partial charge in [0.05, 0.1) is 13.0 Å². The SMILES string of the molecule is COCCNC(=O)[C@H](Cc1ccccc1)N(Cc1ccc(F)cc1)C(=O)Cc1ccc(Cl)cc1. The van der Waals surface area contributed by atoms with Gasteiger partial charge < -0.3 is 15.0 Å². The van der Waals surface area contributed by atoms with Crippen molar-refractivity contribution in [3.05, 3.63) is 106 Å². The van der Waals surface area contributed by atoms with Crippen LogP contribution in [0.1, 0.15) is 16.7 Å². The van der Waals surface area contributed by atoms with Gasteiger partial charge in [-0.25, -0.2) is 4.39 Å². The fourth-order valence-corrected chi connectivity index (χ4v) is 3.74. The minimum atomic E-state index is -0.760. The molecule has 0 aliphatic carbocycles. The van der Waals surface area contributed by atoms with Crippen molar-refractivity contribution in [2.75, 3.05) is 20.3 Å². The summed E-state index contributed by atoms with van der Waals surface area (Å²) in [6, 6.07) is 21.8. The summed E-state index contributed by atoms with van der Waals surface area (Å²) in [7, 11) is 1.56. The lowest BCUT2D eigenvalue weighted by molar-refractivity contribution is -0.140. The summed E-state index contributed by atoms with van der Waals surface area (Å²) in [5.41, 5.74) is 2.45. The molecule has 0 saturated heterocycles. The van der Waals surface area contributed by atoms with E-state index in [1.807, 2.05) is 30.3 Å². The van der Waals surface area contributed by atoms with Gasteiger partial charge in [0.1, 0.15) is 11.9 Å². The van der Waals surface area contributed by atoms with Crippen LogP contribution in [0.15, 0.2) is 78.9 Å². The highest BCUT2D eigenvalue weighted by atomic mass is 35.5. The van der Waals surface area contributed by atoms with Gasteiger partial charge in [0.15, 0.2) is 0 Å². The van der Waals surface area contributed by atoms with Crippen molar-refractivity contribution in [2.24, 2.45) is 0 Å². The first-order valence-corrected chi connectivity index (χ1v) is 11.4. The Morgan fingerprint density at radius 2 is 1.59 bits per heavy atom. The highest BCUT2D eigenvalue weighted by molar-refractivity contribution is 6.30. The molecule has 3 aromatic rings. The van der Waals surface area contributed by atoms with Crippen LogP contribution in [0.25, 0.3) is 0 Å². The first kappa shape index (κ1) is 25.4. The van der Waals surface area contributed by atoms with Crippen LogP contribution in [-0.2, 0) is 33.7 Å². The van der Waals surface area contributed by atoms with Crippen LogP contribution in [0.5, 0.6) is 0 Å². The summed E-state index contributed by atoms with van der Waals surface area (Å²) < 4.78 is 18.5. The van der Waals surface area contributed by atoms with Crippen LogP contribution < -0.4 is 5.32 Å². The molecule has 0 bridgehead atoms. The van der Waals surface area contributed by atoms with Crippen LogP contribution in [0.2, 0.25) is 5.02 Å². The monoisotopic (exact) mass is 482 g/mol. The van der Waals surface area contributed by atoms with Gasteiger partial charge in [-0.05, 0) is 41.0 Å². The van der Waals surface area contributed by atoms with Gasteiger partial charge in [-0.3, -0.25) is 9.59 Å². The molecule has 0 saturated carbocycles. The first-order chi connectivity index (χ1) is 16.5. The lowest BCUT2D eigenvalue weighted by Gasteiger charge is -2.31. The Bertz CT molecular complexity index is 1060. The highest BCUT2D eigenvalue weighted by Gasteiger charge is 2.30. The molecule has 0 aromatic heterocycles. The molecule has 1 N–H and O–H groups in total. The van der Waals surface area contributed by atoms with E-state index < -0.39 is 6.04 Å². The maximum atomic E-state index is 13.5. The molecule has 3 aromatic carbocycles. The maximum absolute atomic E-state index is 13.5. The summed E-state index contributed by atoms with van der Waals surface area (Å²) in [5, 5.41) is 3.45. The number of nitrogens with zero attached hydrogens (tertiary/aromatic N) is 1. The van der Waals surface area contributed by atoms with E-state index in [0.29, 0.717) is 24.6 Å². The van der Waals surface area contributed by atoms with E-state index in [9.17, 15) is 14.0 Å². The zero-order valence-electron chi connectivity index (χ0n) is 19.0. The highest BCUT2D eigenvalue weighted by Crippen LogP contribution is 2.18. The van der Waals surface area contributed by atoms with E-state index >= 15 is 0 Å². The minimum Gasteiger partial charge on any atom is -0.383 e. The number of hydrogen-bond donors (Lipinski definition) is 1. The lowest BCUT2D eigenvalue weighted by atomic mass is 10.0. The number of hydrogen-bond acceptors (Lipinski definition) is 3. The summed E-state index contributed by atoms with van der Waals surface area (Å²) in [6.07, 6.45) is 0.447. The van der Waals surface area contributed by atoms with Crippen LogP contribution in [-0.4, -0.2) is 43.0 Å². The molecule has 7 heteroatoms. The molecular weight excluding hydrogens is 455 g/mol. The third kappa shape index (κ3) is 7.68. The van der Waals surface area contributed by atoms with E-state index in [2.05, 4.69) is 5.32 Å². The van der Waals surface area contributed by atoms with E-state index in [-0.39, 0.29) is 30.6 Å². The Labute approximate surface area is 204 Å². The van der Waals surface area contributed by atoms with Crippen LogP contribution in [0, 0.1) is 5.82 Å². The number of benzene rings is 3. The Kier molecular flexibility index (Phi) is 9.62. The van der Waals surface area contributed by atoms with Gasteiger partial charge in [0.25, 0.3) is 0 Å². The fourth-order valence-electron chi connectivity index (χ4n) is 3.61. The van der Waals surface area contributed by atoms with E-state index in [1.54, 1.807) is 48.4 Å². The van der Waals surface area contributed by atoms with Crippen molar-refractivity contribution in [1.82, 2.24) is 10.2 Å². The van der Waals surface area contributed by atoms with Gasteiger partial charge in [-0.2, -0.15) is 0 Å². The molecule has 3 rings (SSSR count). The number of ether oxygens (including phenoxy) is 1.